The van der Waals surface area contributed by atoms with Gasteiger partial charge in [0.05, 0.1) is 21.3 Å². The molecule has 6 heteroatoms. The van der Waals surface area contributed by atoms with Crippen LogP contribution in [-0.2, 0) is 10.8 Å². The molecule has 120 valence electrons. The van der Waals surface area contributed by atoms with Crippen LogP contribution in [0.4, 0.5) is 5.69 Å². The predicted molar refractivity (Wildman–Crippen MR) is 94.3 cm³/mol. The van der Waals surface area contributed by atoms with Crippen molar-refractivity contribution >= 4 is 40.1 Å². The highest BCUT2D eigenvalue weighted by atomic mass is 35.5. The summed E-state index contributed by atoms with van der Waals surface area (Å²) in [4.78, 5) is 12.8. The highest BCUT2D eigenvalue weighted by molar-refractivity contribution is 7.88. The molecular weight excluding hydrogens is 334 g/mol. The first kappa shape index (κ1) is 17.2. The Kier molecular flexibility index (Phi) is 5.58. The first-order valence-electron chi connectivity index (χ1n) is 7.07. The topological polar surface area (TPSA) is 66.4 Å². The molecule has 2 aromatic carbocycles. The minimum atomic E-state index is -1.18. The third-order valence-corrected chi connectivity index (χ3v) is 4.47. The average Bonchev–Trinajstić information content (AvgIpc) is 2.92. The number of carbonyl (C=O) groups excluding carboxylic acids is 1. The lowest BCUT2D eigenvalue weighted by atomic mass is 10.1. The van der Waals surface area contributed by atoms with Gasteiger partial charge < -0.3 is 10.4 Å². The van der Waals surface area contributed by atoms with Crippen LogP contribution in [0.15, 0.2) is 46.7 Å². The molecule has 0 radical (unpaired) electrons. The monoisotopic (exact) mass is 349 g/mol. The Labute approximate surface area is 142 Å². The van der Waals surface area contributed by atoms with E-state index < -0.39 is 16.7 Å². The number of benzene rings is 2. The van der Waals surface area contributed by atoms with E-state index in [9.17, 15) is 14.1 Å². The quantitative estimate of drug-likeness (QED) is 0.843. The third-order valence-electron chi connectivity index (χ3n) is 3.06. The second-order valence-corrected chi connectivity index (χ2v) is 6.21. The average molecular weight is 350 g/mol. The van der Waals surface area contributed by atoms with Crippen LogP contribution >= 0.6 is 11.6 Å². The van der Waals surface area contributed by atoms with Crippen molar-refractivity contribution in [1.29, 1.82) is 0 Å². The number of amides is 1. The molecule has 1 unspecified atom stereocenters. The van der Waals surface area contributed by atoms with E-state index in [2.05, 4.69) is 5.32 Å². The Morgan fingerprint density at radius 2 is 1.91 bits per heavy atom. The Morgan fingerprint density at radius 3 is 2.65 bits per heavy atom. The van der Waals surface area contributed by atoms with Crippen molar-refractivity contribution in [2.24, 2.45) is 0 Å². The van der Waals surface area contributed by atoms with Crippen molar-refractivity contribution < 1.29 is 14.1 Å². The van der Waals surface area contributed by atoms with Crippen LogP contribution in [0, 0.1) is 0 Å². The van der Waals surface area contributed by atoms with Gasteiger partial charge in [-0.05, 0) is 42.0 Å². The number of rotatable bonds is 2. The second-order valence-electron chi connectivity index (χ2n) is 4.47. The van der Waals surface area contributed by atoms with E-state index in [0.29, 0.717) is 15.6 Å². The van der Waals surface area contributed by atoms with Crippen molar-refractivity contribution in [1.82, 2.24) is 0 Å². The van der Waals surface area contributed by atoms with Gasteiger partial charge in [0, 0.05) is 16.1 Å². The van der Waals surface area contributed by atoms with Crippen molar-refractivity contribution in [3.63, 3.8) is 0 Å². The zero-order valence-electron chi connectivity index (χ0n) is 12.7. The van der Waals surface area contributed by atoms with E-state index >= 15 is 0 Å². The largest absolute Gasteiger partial charge is 0.507 e. The molecule has 2 N–H and O–H groups in total. The molecule has 4 nitrogen and oxygen atoms in total. The van der Waals surface area contributed by atoms with Gasteiger partial charge in [0.25, 0.3) is 5.91 Å². The van der Waals surface area contributed by atoms with E-state index in [1.165, 1.54) is 18.2 Å². The highest BCUT2D eigenvalue weighted by Gasteiger charge is 2.16. The molecule has 1 amide bonds. The van der Waals surface area contributed by atoms with Crippen LogP contribution in [-0.4, -0.2) is 15.2 Å². The summed E-state index contributed by atoms with van der Waals surface area (Å²) in [5.41, 5.74) is 1.47. The van der Waals surface area contributed by atoms with Crippen molar-refractivity contribution in [2.75, 3.05) is 5.32 Å². The Balaban J connectivity index is 0.000000924. The SMILES string of the molecule is CC.O=C(Nc1ccc2c(c1)S(=O)C=C2)c1cc(Cl)ccc1O. The molecule has 1 aliphatic rings. The number of phenols is 1. The summed E-state index contributed by atoms with van der Waals surface area (Å²) in [7, 11) is -1.18. The van der Waals surface area contributed by atoms with Crippen LogP contribution in [0.1, 0.15) is 29.8 Å². The van der Waals surface area contributed by atoms with E-state index in [1.807, 2.05) is 13.8 Å². The standard InChI is InChI=1S/C15H10ClNO3S.C2H6/c16-10-2-4-13(18)12(7-10)15(19)17-11-3-1-9-5-6-21(20)14(9)8-11;1-2/h1-8,18H,(H,17,19);1-2H3. The van der Waals surface area contributed by atoms with Crippen LogP contribution in [0.25, 0.3) is 6.08 Å². The van der Waals surface area contributed by atoms with Crippen LogP contribution in [0.5, 0.6) is 5.75 Å². The highest BCUT2D eigenvalue weighted by Crippen LogP contribution is 2.28. The lowest BCUT2D eigenvalue weighted by Gasteiger charge is -2.08. The Bertz CT molecular complexity index is 802. The number of hydrogen-bond donors (Lipinski definition) is 2. The van der Waals surface area contributed by atoms with Gasteiger partial charge in [-0.1, -0.05) is 31.5 Å². The maximum Gasteiger partial charge on any atom is 0.259 e. The lowest BCUT2D eigenvalue weighted by Crippen LogP contribution is -2.12. The van der Waals surface area contributed by atoms with Crippen molar-refractivity contribution in [3.8, 4) is 5.75 Å². The molecule has 0 aromatic heterocycles. The number of hydrogen-bond acceptors (Lipinski definition) is 3. The molecule has 0 saturated carbocycles. The zero-order chi connectivity index (χ0) is 17.0. The maximum atomic E-state index is 12.1. The van der Waals surface area contributed by atoms with E-state index in [0.717, 1.165) is 5.56 Å². The smallest absolute Gasteiger partial charge is 0.259 e. The van der Waals surface area contributed by atoms with E-state index in [1.54, 1.807) is 29.7 Å². The van der Waals surface area contributed by atoms with Crippen molar-refractivity contribution in [2.45, 2.75) is 18.7 Å². The van der Waals surface area contributed by atoms with Gasteiger partial charge in [-0.15, -0.1) is 0 Å². The van der Waals surface area contributed by atoms with Gasteiger partial charge in [0.2, 0.25) is 0 Å². The Hall–Kier alpha value is -2.11. The lowest BCUT2D eigenvalue weighted by molar-refractivity contribution is 0.102. The summed E-state index contributed by atoms with van der Waals surface area (Å²) in [6.07, 6.45) is 1.78. The minimum Gasteiger partial charge on any atom is -0.507 e. The molecule has 0 saturated heterocycles. The van der Waals surface area contributed by atoms with Gasteiger partial charge in [-0.3, -0.25) is 4.79 Å². The second kappa shape index (κ2) is 7.44. The number of phenolic OH excluding ortho intramolecular Hbond substituents is 1. The minimum absolute atomic E-state index is 0.0854. The first-order chi connectivity index (χ1) is 11.0. The van der Waals surface area contributed by atoms with Gasteiger partial charge in [-0.2, -0.15) is 0 Å². The van der Waals surface area contributed by atoms with E-state index in [4.69, 9.17) is 11.6 Å². The number of fused-ring (bicyclic) bond motifs is 1. The molecule has 0 aliphatic carbocycles. The number of aromatic hydroxyl groups is 1. The third kappa shape index (κ3) is 3.81. The van der Waals surface area contributed by atoms with Crippen LogP contribution in [0.2, 0.25) is 5.02 Å². The number of nitrogens with one attached hydrogen (secondary N) is 1. The fourth-order valence-electron chi connectivity index (χ4n) is 2.02. The summed E-state index contributed by atoms with van der Waals surface area (Å²) >= 11 is 5.82. The molecule has 2 aromatic rings. The molecule has 1 heterocycles. The van der Waals surface area contributed by atoms with Crippen LogP contribution < -0.4 is 5.32 Å². The summed E-state index contributed by atoms with van der Waals surface area (Å²) in [6.45, 7) is 4.00. The molecule has 1 aliphatic heterocycles. The number of anilines is 1. The van der Waals surface area contributed by atoms with Crippen LogP contribution in [0.3, 0.4) is 0 Å². The summed E-state index contributed by atoms with van der Waals surface area (Å²) in [5, 5.41) is 14.3. The van der Waals surface area contributed by atoms with Gasteiger partial charge >= 0.3 is 0 Å². The van der Waals surface area contributed by atoms with E-state index in [-0.39, 0.29) is 11.3 Å². The maximum absolute atomic E-state index is 12.1. The van der Waals surface area contributed by atoms with Gasteiger partial charge in [0.1, 0.15) is 5.75 Å². The molecular formula is C17H16ClNO3S. The zero-order valence-corrected chi connectivity index (χ0v) is 14.2. The van der Waals surface area contributed by atoms with Gasteiger partial charge in [0.15, 0.2) is 0 Å². The fraction of sp³-hybridized carbons (Fsp3) is 0.118. The fourth-order valence-corrected chi connectivity index (χ4v) is 3.22. The molecule has 1 atom stereocenters. The number of carbonyl (C=O) groups is 1. The molecule has 0 spiro atoms. The molecule has 0 fully saturated rings. The van der Waals surface area contributed by atoms with Gasteiger partial charge in [-0.25, -0.2) is 4.21 Å². The molecule has 0 bridgehead atoms. The summed E-state index contributed by atoms with van der Waals surface area (Å²) in [5.74, 6) is -0.630. The normalized spacial score (nSPS) is 14.7. The molecule has 23 heavy (non-hydrogen) atoms. The Morgan fingerprint density at radius 1 is 1.17 bits per heavy atom. The summed E-state index contributed by atoms with van der Waals surface area (Å²) < 4.78 is 11.7. The van der Waals surface area contributed by atoms with Crippen molar-refractivity contribution in [3.05, 3.63) is 58.0 Å². The predicted octanol–water partition coefficient (Wildman–Crippen LogP) is 4.42. The molecule has 3 rings (SSSR count). The summed E-state index contributed by atoms with van der Waals surface area (Å²) in [6, 6.07) is 9.40. The first-order valence-corrected chi connectivity index (χ1v) is 8.66. The number of halogens is 1.